The van der Waals surface area contributed by atoms with Crippen molar-refractivity contribution in [2.24, 2.45) is 0 Å². The van der Waals surface area contributed by atoms with Crippen molar-refractivity contribution in [3.8, 4) is 17.2 Å². The lowest BCUT2D eigenvalue weighted by Crippen LogP contribution is -2.33. The largest absolute Gasteiger partial charge is 0.503 e. The summed E-state index contributed by atoms with van der Waals surface area (Å²) in [5.41, 5.74) is 0.973. The van der Waals surface area contributed by atoms with Gasteiger partial charge in [0.2, 0.25) is 5.78 Å². The smallest absolute Gasteiger partial charge is 0.290 e. The monoisotopic (exact) mass is 494 g/mol. The van der Waals surface area contributed by atoms with E-state index in [2.05, 4.69) is 0 Å². The van der Waals surface area contributed by atoms with Crippen molar-refractivity contribution in [2.45, 2.75) is 12.5 Å². The normalized spacial score (nSPS) is 15.8. The predicted octanol–water partition coefficient (Wildman–Crippen LogP) is 3.99. The van der Waals surface area contributed by atoms with Gasteiger partial charge in [-0.15, -0.1) is 0 Å². The van der Waals surface area contributed by atoms with Gasteiger partial charge in [0.25, 0.3) is 5.91 Å². The third-order valence-corrected chi connectivity index (χ3v) is 6.23. The van der Waals surface area contributed by atoms with Crippen LogP contribution in [0.4, 0.5) is 0 Å². The third-order valence-electron chi connectivity index (χ3n) is 6.23. The van der Waals surface area contributed by atoms with Crippen LogP contribution in [0.1, 0.15) is 28.6 Å². The highest BCUT2D eigenvalue weighted by molar-refractivity contribution is 6.16. The van der Waals surface area contributed by atoms with E-state index in [1.54, 1.807) is 42.5 Å². The molecule has 1 aromatic heterocycles. The molecular weight excluding hydrogens is 464 g/mol. The Labute approximate surface area is 209 Å². The second-order valence-corrected chi connectivity index (χ2v) is 8.75. The molecular formula is C27H30N2O7. The fourth-order valence-electron chi connectivity index (χ4n) is 4.48. The van der Waals surface area contributed by atoms with Crippen molar-refractivity contribution >= 4 is 22.7 Å². The van der Waals surface area contributed by atoms with Crippen LogP contribution in [-0.4, -0.2) is 75.1 Å². The Morgan fingerprint density at radius 3 is 2.42 bits per heavy atom. The minimum absolute atomic E-state index is 0.00414. The molecule has 0 saturated carbocycles. The van der Waals surface area contributed by atoms with Crippen molar-refractivity contribution in [3.63, 3.8) is 0 Å². The minimum Gasteiger partial charge on any atom is -0.503 e. The van der Waals surface area contributed by atoms with Crippen molar-refractivity contribution in [1.29, 1.82) is 0 Å². The van der Waals surface area contributed by atoms with Gasteiger partial charge >= 0.3 is 0 Å². The number of ketones is 1. The maximum atomic E-state index is 13.8. The number of hydrogen-bond acceptors (Lipinski definition) is 8. The maximum Gasteiger partial charge on any atom is 0.290 e. The zero-order valence-corrected chi connectivity index (χ0v) is 21.0. The Balaban J connectivity index is 1.80. The minimum atomic E-state index is -0.831. The van der Waals surface area contributed by atoms with Crippen LogP contribution in [-0.2, 0) is 4.79 Å². The topological polar surface area (TPSA) is 102 Å². The number of carbonyl (C=O) groups is 2. The van der Waals surface area contributed by atoms with Crippen LogP contribution in [0.15, 0.2) is 58.2 Å². The van der Waals surface area contributed by atoms with E-state index in [-0.39, 0.29) is 11.3 Å². The molecule has 4 rings (SSSR count). The van der Waals surface area contributed by atoms with Gasteiger partial charge in [0.1, 0.15) is 0 Å². The number of hydrogen-bond donors (Lipinski definition) is 1. The van der Waals surface area contributed by atoms with E-state index in [1.165, 1.54) is 26.2 Å². The molecule has 0 bridgehead atoms. The number of methoxy groups -OCH3 is 3. The fraction of sp³-hybridized carbons (Fsp3) is 0.333. The lowest BCUT2D eigenvalue weighted by atomic mass is 9.94. The Morgan fingerprint density at radius 2 is 1.75 bits per heavy atom. The standard InChI is InChI=1S/C27H30N2O7/c1-28(2)12-7-13-29-23(16-10-11-18(33-3)20(14-16)35-5)22(25(31)27(29)32)24(30)21-15-17-8-6-9-19(34-4)26(17)36-21/h6,8-11,14-15,23,31H,7,12-13H2,1-5H3/t23-/m1/s1. The summed E-state index contributed by atoms with van der Waals surface area (Å²) in [5, 5.41) is 11.6. The third kappa shape index (κ3) is 4.49. The maximum absolute atomic E-state index is 13.8. The molecule has 0 unspecified atom stereocenters. The molecule has 0 radical (unpaired) electrons. The van der Waals surface area contributed by atoms with E-state index in [4.69, 9.17) is 18.6 Å². The average molecular weight is 495 g/mol. The highest BCUT2D eigenvalue weighted by Crippen LogP contribution is 2.42. The van der Waals surface area contributed by atoms with Gasteiger partial charge in [-0.05, 0) is 56.9 Å². The van der Waals surface area contributed by atoms with Gasteiger partial charge in [-0.3, -0.25) is 9.59 Å². The number of aliphatic hydroxyl groups excluding tert-OH is 1. The van der Waals surface area contributed by atoms with Crippen LogP contribution in [0.5, 0.6) is 17.2 Å². The molecule has 190 valence electrons. The zero-order valence-electron chi connectivity index (χ0n) is 21.0. The van der Waals surface area contributed by atoms with Crippen LogP contribution < -0.4 is 14.2 Å². The number of nitrogens with zero attached hydrogens (tertiary/aromatic N) is 2. The summed E-state index contributed by atoms with van der Waals surface area (Å²) < 4.78 is 22.0. The summed E-state index contributed by atoms with van der Waals surface area (Å²) in [6.07, 6.45) is 0.652. The first-order chi connectivity index (χ1) is 17.3. The molecule has 1 aliphatic rings. The van der Waals surface area contributed by atoms with Gasteiger partial charge in [-0.2, -0.15) is 0 Å². The van der Waals surface area contributed by atoms with E-state index in [1.807, 2.05) is 19.0 Å². The van der Waals surface area contributed by atoms with Gasteiger partial charge in [0, 0.05) is 11.9 Å². The molecule has 1 amide bonds. The van der Waals surface area contributed by atoms with Crippen molar-refractivity contribution in [2.75, 3.05) is 48.5 Å². The van der Waals surface area contributed by atoms with Crippen LogP contribution in [0.25, 0.3) is 11.0 Å². The Bertz CT molecular complexity index is 1320. The summed E-state index contributed by atoms with van der Waals surface area (Å²) in [6.45, 7) is 1.07. The van der Waals surface area contributed by atoms with Crippen LogP contribution in [0, 0.1) is 0 Å². The van der Waals surface area contributed by atoms with Gasteiger partial charge in [-0.25, -0.2) is 0 Å². The summed E-state index contributed by atoms with van der Waals surface area (Å²) >= 11 is 0. The van der Waals surface area contributed by atoms with E-state index in [9.17, 15) is 14.7 Å². The quantitative estimate of drug-likeness (QED) is 0.422. The van der Waals surface area contributed by atoms with Gasteiger partial charge < -0.3 is 33.5 Å². The molecule has 1 aliphatic heterocycles. The second kappa shape index (κ2) is 10.3. The molecule has 3 aromatic rings. The first-order valence-corrected chi connectivity index (χ1v) is 11.5. The van der Waals surface area contributed by atoms with Crippen molar-refractivity contribution in [1.82, 2.24) is 9.80 Å². The van der Waals surface area contributed by atoms with Crippen LogP contribution >= 0.6 is 0 Å². The lowest BCUT2D eigenvalue weighted by molar-refractivity contribution is -0.129. The number of ether oxygens (including phenoxy) is 3. The highest BCUT2D eigenvalue weighted by Gasteiger charge is 2.44. The van der Waals surface area contributed by atoms with E-state index in [0.29, 0.717) is 46.7 Å². The van der Waals surface area contributed by atoms with Gasteiger partial charge in [0.15, 0.2) is 34.4 Å². The summed E-state index contributed by atoms with van der Waals surface area (Å²) in [5.74, 6) is -0.326. The molecule has 1 N–H and O–H groups in total. The molecule has 9 heteroatoms. The number of benzene rings is 2. The SMILES string of the molecule is COc1ccc([C@@H]2C(C(=O)c3cc4cccc(OC)c4o3)=C(O)C(=O)N2CCCN(C)C)cc1OC. The number of amides is 1. The number of para-hydroxylation sites is 1. The van der Waals surface area contributed by atoms with E-state index in [0.717, 1.165) is 6.54 Å². The summed E-state index contributed by atoms with van der Waals surface area (Å²) in [4.78, 5) is 30.5. The molecule has 0 aliphatic carbocycles. The highest BCUT2D eigenvalue weighted by atomic mass is 16.5. The number of aliphatic hydroxyl groups is 1. The summed E-state index contributed by atoms with van der Waals surface area (Å²) in [6, 6.07) is 11.3. The average Bonchev–Trinajstić information content (AvgIpc) is 3.42. The van der Waals surface area contributed by atoms with Gasteiger partial charge in [0.05, 0.1) is 32.9 Å². The van der Waals surface area contributed by atoms with E-state index >= 15 is 0 Å². The first-order valence-electron chi connectivity index (χ1n) is 11.5. The number of furan rings is 1. The first kappa shape index (κ1) is 25.1. The number of carbonyl (C=O) groups excluding carboxylic acids is 2. The molecule has 0 saturated heterocycles. The number of rotatable bonds is 10. The lowest BCUT2D eigenvalue weighted by Gasteiger charge is -2.27. The Morgan fingerprint density at radius 1 is 1.03 bits per heavy atom. The molecule has 36 heavy (non-hydrogen) atoms. The fourth-order valence-corrected chi connectivity index (χ4v) is 4.48. The zero-order chi connectivity index (χ0) is 26.0. The number of Topliss-reactive ketones (excluding diaryl/α,β-unsaturated/α-hetero) is 1. The van der Waals surface area contributed by atoms with Crippen LogP contribution in [0.3, 0.4) is 0 Å². The molecule has 0 spiro atoms. The van der Waals surface area contributed by atoms with Crippen molar-refractivity contribution in [3.05, 3.63) is 65.1 Å². The Hall–Kier alpha value is -3.98. The predicted molar refractivity (Wildman–Crippen MR) is 134 cm³/mol. The molecule has 2 heterocycles. The summed E-state index contributed by atoms with van der Waals surface area (Å²) in [7, 11) is 8.44. The molecule has 2 aromatic carbocycles. The second-order valence-electron chi connectivity index (χ2n) is 8.75. The van der Waals surface area contributed by atoms with E-state index < -0.39 is 23.5 Å². The number of fused-ring (bicyclic) bond motifs is 1. The molecule has 1 atom stereocenters. The molecule has 9 nitrogen and oxygen atoms in total. The van der Waals surface area contributed by atoms with Crippen LogP contribution in [0.2, 0.25) is 0 Å². The molecule has 0 fully saturated rings. The van der Waals surface area contributed by atoms with Crippen molar-refractivity contribution < 1.29 is 33.3 Å². The Kier molecular flexibility index (Phi) is 7.21. The van der Waals surface area contributed by atoms with Gasteiger partial charge in [-0.1, -0.05) is 18.2 Å².